The van der Waals surface area contributed by atoms with Crippen LogP contribution in [-0.2, 0) is 13.1 Å². The summed E-state index contributed by atoms with van der Waals surface area (Å²) in [6, 6.07) is 7.92. The molecule has 2 heterocycles. The highest BCUT2D eigenvalue weighted by Gasteiger charge is 2.20. The van der Waals surface area contributed by atoms with E-state index in [9.17, 15) is 0 Å². The maximum atomic E-state index is 5.44. The summed E-state index contributed by atoms with van der Waals surface area (Å²) < 4.78 is 11.4. The normalized spacial score (nSPS) is 16.0. The molecule has 0 unspecified atom stereocenters. The Morgan fingerprint density at radius 1 is 1.31 bits per heavy atom. The van der Waals surface area contributed by atoms with Gasteiger partial charge in [-0.15, -0.1) is 0 Å². The van der Waals surface area contributed by atoms with Crippen LogP contribution in [0.15, 0.2) is 44.5 Å². The number of halogens is 1. The molecule has 0 saturated carbocycles. The Morgan fingerprint density at radius 2 is 2.12 bits per heavy atom. The number of aromatic nitrogens is 1. The van der Waals surface area contributed by atoms with Crippen molar-refractivity contribution in [3.05, 3.63) is 46.3 Å². The molecule has 1 N–H and O–H groups in total. The summed E-state index contributed by atoms with van der Waals surface area (Å²) in [6.45, 7) is 5.27. The third kappa shape index (κ3) is 4.76. The average Bonchev–Trinajstić information content (AvgIpc) is 3.17. The van der Waals surface area contributed by atoms with Crippen LogP contribution in [-0.4, -0.2) is 61.3 Å². The van der Waals surface area contributed by atoms with Crippen LogP contribution < -0.4 is 10.1 Å². The minimum atomic E-state index is 0.661. The zero-order valence-corrected chi connectivity index (χ0v) is 16.7. The first-order chi connectivity index (χ1) is 12.7. The molecule has 140 valence electrons. The maximum Gasteiger partial charge on any atom is 0.194 e. The molecule has 0 spiro atoms. The molecule has 1 aromatic heterocycles. The summed E-state index contributed by atoms with van der Waals surface area (Å²) in [4.78, 5) is 9.09. The summed E-state index contributed by atoms with van der Waals surface area (Å²) in [6.07, 6.45) is 1.62. The van der Waals surface area contributed by atoms with Crippen LogP contribution >= 0.6 is 15.9 Å². The quantitative estimate of drug-likeness (QED) is 0.590. The number of methoxy groups -OCH3 is 1. The number of hydrogen-bond acceptors (Lipinski definition) is 5. The number of ether oxygens (including phenoxy) is 1. The van der Waals surface area contributed by atoms with Gasteiger partial charge in [0.25, 0.3) is 0 Å². The van der Waals surface area contributed by atoms with Gasteiger partial charge < -0.3 is 19.5 Å². The molecule has 1 aliphatic rings. The van der Waals surface area contributed by atoms with Crippen LogP contribution in [0, 0.1) is 0 Å². The molecule has 0 bridgehead atoms. The molecule has 7 nitrogen and oxygen atoms in total. The standard InChI is InChI=1S/C18H24BrN5O2/c1-20-18(21-12-14-11-15(19)3-4-17(14)25-2)24-8-6-23(7-9-24)13-16-5-10-26-22-16/h3-5,10-11H,6-9,12-13H2,1-2H3,(H,20,21). The Kier molecular flexibility index (Phi) is 6.51. The highest BCUT2D eigenvalue weighted by molar-refractivity contribution is 9.10. The number of rotatable bonds is 5. The van der Waals surface area contributed by atoms with Crippen LogP contribution in [0.4, 0.5) is 0 Å². The fourth-order valence-corrected chi connectivity index (χ4v) is 3.47. The van der Waals surface area contributed by atoms with Gasteiger partial charge in [-0.1, -0.05) is 21.1 Å². The molecule has 0 aliphatic carbocycles. The zero-order chi connectivity index (χ0) is 18.4. The SMILES string of the molecule is CN=C(NCc1cc(Br)ccc1OC)N1CCN(Cc2ccon2)CC1. The molecule has 8 heteroatoms. The number of guanidine groups is 1. The van der Waals surface area contributed by atoms with E-state index in [1.807, 2.05) is 25.2 Å². The van der Waals surface area contributed by atoms with Crippen LogP contribution in [0.2, 0.25) is 0 Å². The van der Waals surface area contributed by atoms with Gasteiger partial charge in [0.2, 0.25) is 0 Å². The molecule has 0 radical (unpaired) electrons. The Labute approximate surface area is 162 Å². The van der Waals surface area contributed by atoms with E-state index in [1.165, 1.54) is 0 Å². The molecule has 1 saturated heterocycles. The largest absolute Gasteiger partial charge is 0.496 e. The second-order valence-corrected chi connectivity index (χ2v) is 7.03. The smallest absolute Gasteiger partial charge is 0.194 e. The van der Waals surface area contributed by atoms with Gasteiger partial charge in [0.05, 0.1) is 12.8 Å². The predicted octanol–water partition coefficient (Wildman–Crippen LogP) is 2.34. The van der Waals surface area contributed by atoms with Gasteiger partial charge >= 0.3 is 0 Å². The van der Waals surface area contributed by atoms with Crippen molar-refractivity contribution in [3.8, 4) is 5.75 Å². The van der Waals surface area contributed by atoms with Crippen LogP contribution in [0.5, 0.6) is 5.75 Å². The van der Waals surface area contributed by atoms with Crippen molar-refractivity contribution in [2.45, 2.75) is 13.1 Å². The molecular formula is C18H24BrN5O2. The van der Waals surface area contributed by atoms with Crippen LogP contribution in [0.25, 0.3) is 0 Å². The highest BCUT2D eigenvalue weighted by atomic mass is 79.9. The second kappa shape index (κ2) is 9.05. The molecule has 26 heavy (non-hydrogen) atoms. The van der Waals surface area contributed by atoms with Crippen LogP contribution in [0.1, 0.15) is 11.3 Å². The summed E-state index contributed by atoms with van der Waals surface area (Å²) in [7, 11) is 3.51. The number of piperazine rings is 1. The summed E-state index contributed by atoms with van der Waals surface area (Å²) in [5.41, 5.74) is 2.07. The average molecular weight is 422 g/mol. The lowest BCUT2D eigenvalue weighted by Crippen LogP contribution is -2.52. The van der Waals surface area contributed by atoms with E-state index in [0.717, 1.165) is 60.2 Å². The lowest BCUT2D eigenvalue weighted by Gasteiger charge is -2.36. The molecule has 2 aromatic rings. The summed E-state index contributed by atoms with van der Waals surface area (Å²) >= 11 is 3.52. The van der Waals surface area contributed by atoms with Gasteiger partial charge in [-0.2, -0.15) is 0 Å². The zero-order valence-electron chi connectivity index (χ0n) is 15.1. The molecule has 0 amide bonds. The van der Waals surface area contributed by atoms with E-state index in [4.69, 9.17) is 9.26 Å². The van der Waals surface area contributed by atoms with Gasteiger partial charge in [0, 0.05) is 62.4 Å². The molecule has 1 fully saturated rings. The molecule has 0 atom stereocenters. The Morgan fingerprint density at radius 3 is 2.77 bits per heavy atom. The van der Waals surface area contributed by atoms with Crippen molar-refractivity contribution in [1.82, 2.24) is 20.3 Å². The molecular weight excluding hydrogens is 398 g/mol. The minimum Gasteiger partial charge on any atom is -0.496 e. The number of nitrogens with one attached hydrogen (secondary N) is 1. The van der Waals surface area contributed by atoms with Gasteiger partial charge in [-0.05, 0) is 18.2 Å². The topological polar surface area (TPSA) is 66.1 Å². The van der Waals surface area contributed by atoms with E-state index >= 15 is 0 Å². The van der Waals surface area contributed by atoms with Crippen molar-refractivity contribution in [2.24, 2.45) is 4.99 Å². The van der Waals surface area contributed by atoms with Crippen molar-refractivity contribution in [1.29, 1.82) is 0 Å². The highest BCUT2D eigenvalue weighted by Crippen LogP contribution is 2.22. The van der Waals surface area contributed by atoms with E-state index in [1.54, 1.807) is 13.4 Å². The van der Waals surface area contributed by atoms with Crippen LogP contribution in [0.3, 0.4) is 0 Å². The number of nitrogens with zero attached hydrogens (tertiary/aromatic N) is 4. The Balaban J connectivity index is 1.53. The fraction of sp³-hybridized carbons (Fsp3) is 0.444. The van der Waals surface area contributed by atoms with E-state index < -0.39 is 0 Å². The predicted molar refractivity (Wildman–Crippen MR) is 104 cm³/mol. The summed E-state index contributed by atoms with van der Waals surface area (Å²) in [5, 5.41) is 7.43. The third-order valence-electron chi connectivity index (χ3n) is 4.44. The fourth-order valence-electron chi connectivity index (χ4n) is 3.06. The summed E-state index contributed by atoms with van der Waals surface area (Å²) in [5.74, 6) is 1.78. The lowest BCUT2D eigenvalue weighted by atomic mass is 10.2. The first-order valence-corrected chi connectivity index (χ1v) is 9.38. The maximum absolute atomic E-state index is 5.44. The van der Waals surface area contributed by atoms with Crippen molar-refractivity contribution >= 4 is 21.9 Å². The van der Waals surface area contributed by atoms with Crippen molar-refractivity contribution in [3.63, 3.8) is 0 Å². The first-order valence-electron chi connectivity index (χ1n) is 8.59. The lowest BCUT2D eigenvalue weighted by molar-refractivity contribution is 0.169. The van der Waals surface area contributed by atoms with Crippen molar-refractivity contribution in [2.75, 3.05) is 40.3 Å². The van der Waals surface area contributed by atoms with Gasteiger partial charge in [0.1, 0.15) is 12.0 Å². The molecule has 1 aliphatic heterocycles. The first kappa shape index (κ1) is 18.7. The van der Waals surface area contributed by atoms with E-state index in [2.05, 4.69) is 47.3 Å². The minimum absolute atomic E-state index is 0.661. The van der Waals surface area contributed by atoms with Gasteiger partial charge in [0.15, 0.2) is 5.96 Å². The van der Waals surface area contributed by atoms with Gasteiger partial charge in [-0.25, -0.2) is 0 Å². The van der Waals surface area contributed by atoms with E-state index in [0.29, 0.717) is 6.54 Å². The van der Waals surface area contributed by atoms with Gasteiger partial charge in [-0.3, -0.25) is 9.89 Å². The second-order valence-electron chi connectivity index (χ2n) is 6.11. The van der Waals surface area contributed by atoms with Crippen molar-refractivity contribution < 1.29 is 9.26 Å². The number of aliphatic imine (C=N–C) groups is 1. The molecule has 3 rings (SSSR count). The number of hydrogen-bond donors (Lipinski definition) is 1. The Bertz CT molecular complexity index is 727. The number of benzene rings is 1. The monoisotopic (exact) mass is 421 g/mol. The molecule has 1 aromatic carbocycles. The Hall–Kier alpha value is -2.06. The van der Waals surface area contributed by atoms with E-state index in [-0.39, 0.29) is 0 Å². The third-order valence-corrected chi connectivity index (χ3v) is 4.93.